The summed E-state index contributed by atoms with van der Waals surface area (Å²) in [5.74, 6) is 0. The van der Waals surface area contributed by atoms with E-state index in [1.807, 2.05) is 6.92 Å². The van der Waals surface area contributed by atoms with E-state index in [1.54, 1.807) is 0 Å². The lowest BCUT2D eigenvalue weighted by molar-refractivity contribution is 0.0321. The van der Waals surface area contributed by atoms with Gasteiger partial charge in [0.25, 0.3) is 0 Å². The zero-order chi connectivity index (χ0) is 12.9. The van der Waals surface area contributed by atoms with Crippen molar-refractivity contribution in [2.75, 3.05) is 40.3 Å². The zero-order valence-corrected chi connectivity index (χ0v) is 11.7. The minimum Gasteiger partial charge on any atom is -0.389 e. The second-order valence-corrected chi connectivity index (χ2v) is 5.59. The number of likely N-dealkylation sites (N-methyl/N-ethyl adjacent to an activating group) is 1. The van der Waals surface area contributed by atoms with Crippen molar-refractivity contribution in [1.82, 2.24) is 9.80 Å². The molecule has 4 heteroatoms. The van der Waals surface area contributed by atoms with Crippen molar-refractivity contribution in [2.24, 2.45) is 5.73 Å². The summed E-state index contributed by atoms with van der Waals surface area (Å²) < 4.78 is 0. The van der Waals surface area contributed by atoms with E-state index in [0.717, 1.165) is 25.8 Å². The number of likely N-dealkylation sites (tertiary alicyclic amines) is 1. The first-order valence-electron chi connectivity index (χ1n) is 6.82. The molecule has 0 spiro atoms. The fourth-order valence-electron chi connectivity index (χ4n) is 2.49. The molecule has 0 aromatic carbocycles. The Bertz CT molecular complexity index is 217. The molecule has 2 atom stereocenters. The molecule has 3 N–H and O–H groups in total. The number of hydrogen-bond donors (Lipinski definition) is 2. The van der Waals surface area contributed by atoms with Gasteiger partial charge in [0.05, 0.1) is 5.60 Å². The monoisotopic (exact) mass is 243 g/mol. The van der Waals surface area contributed by atoms with Gasteiger partial charge in [-0.3, -0.25) is 0 Å². The van der Waals surface area contributed by atoms with E-state index < -0.39 is 5.60 Å². The van der Waals surface area contributed by atoms with Gasteiger partial charge in [-0.15, -0.1) is 0 Å². The Labute approximate surface area is 106 Å². The van der Waals surface area contributed by atoms with Gasteiger partial charge in [-0.05, 0) is 52.9 Å². The predicted octanol–water partition coefficient (Wildman–Crippen LogP) is 0.502. The summed E-state index contributed by atoms with van der Waals surface area (Å²) >= 11 is 0. The minimum atomic E-state index is -0.638. The highest BCUT2D eigenvalue weighted by molar-refractivity contribution is 4.82. The molecule has 0 aromatic rings. The Balaban J connectivity index is 2.20. The van der Waals surface area contributed by atoms with Crippen molar-refractivity contribution in [3.63, 3.8) is 0 Å². The minimum absolute atomic E-state index is 0.379. The Morgan fingerprint density at radius 1 is 1.47 bits per heavy atom. The van der Waals surface area contributed by atoms with Crippen LogP contribution in [0.1, 0.15) is 32.6 Å². The van der Waals surface area contributed by atoms with Crippen molar-refractivity contribution in [1.29, 1.82) is 0 Å². The molecule has 17 heavy (non-hydrogen) atoms. The molecule has 0 radical (unpaired) electrons. The predicted molar refractivity (Wildman–Crippen MR) is 72.1 cm³/mol. The van der Waals surface area contributed by atoms with Gasteiger partial charge in [0.2, 0.25) is 0 Å². The molecule has 1 aliphatic heterocycles. The number of nitrogens with two attached hydrogens (primary N) is 1. The Hall–Kier alpha value is -0.160. The topological polar surface area (TPSA) is 52.7 Å². The van der Waals surface area contributed by atoms with Gasteiger partial charge in [-0.1, -0.05) is 6.92 Å². The maximum absolute atomic E-state index is 10.1. The van der Waals surface area contributed by atoms with E-state index in [9.17, 15) is 5.11 Å². The Morgan fingerprint density at radius 2 is 2.18 bits per heavy atom. The van der Waals surface area contributed by atoms with Crippen molar-refractivity contribution in [3.05, 3.63) is 0 Å². The summed E-state index contributed by atoms with van der Waals surface area (Å²) in [6.07, 6.45) is 3.89. The molecule has 0 bridgehead atoms. The quantitative estimate of drug-likeness (QED) is 0.684. The molecule has 0 aromatic heterocycles. The fraction of sp³-hybridized carbons (Fsp3) is 1.00. The fourth-order valence-corrected chi connectivity index (χ4v) is 2.49. The van der Waals surface area contributed by atoms with E-state index in [2.05, 4.69) is 23.9 Å². The van der Waals surface area contributed by atoms with Crippen LogP contribution in [-0.2, 0) is 0 Å². The van der Waals surface area contributed by atoms with Crippen LogP contribution in [0.5, 0.6) is 0 Å². The SMILES string of the molecule is CCC(O)(CN)CCCN1CCC(N(C)C)C1. The van der Waals surface area contributed by atoms with Gasteiger partial charge in [0, 0.05) is 19.1 Å². The molecule has 1 fully saturated rings. The maximum Gasteiger partial charge on any atom is 0.0767 e. The number of rotatable bonds is 7. The molecule has 0 amide bonds. The van der Waals surface area contributed by atoms with Gasteiger partial charge in [-0.2, -0.15) is 0 Å². The summed E-state index contributed by atoms with van der Waals surface area (Å²) in [5, 5.41) is 10.1. The normalized spacial score (nSPS) is 25.4. The van der Waals surface area contributed by atoms with Gasteiger partial charge in [-0.25, -0.2) is 0 Å². The van der Waals surface area contributed by atoms with E-state index in [-0.39, 0.29) is 0 Å². The van der Waals surface area contributed by atoms with E-state index in [1.165, 1.54) is 19.5 Å². The van der Waals surface area contributed by atoms with Gasteiger partial charge < -0.3 is 20.6 Å². The van der Waals surface area contributed by atoms with Crippen molar-refractivity contribution >= 4 is 0 Å². The number of nitrogens with zero attached hydrogens (tertiary/aromatic N) is 2. The molecule has 102 valence electrons. The van der Waals surface area contributed by atoms with Crippen LogP contribution in [0.2, 0.25) is 0 Å². The lowest BCUT2D eigenvalue weighted by atomic mass is 9.95. The second kappa shape index (κ2) is 6.69. The van der Waals surface area contributed by atoms with Crippen molar-refractivity contribution in [3.8, 4) is 0 Å². The highest BCUT2D eigenvalue weighted by atomic mass is 16.3. The molecule has 1 saturated heterocycles. The van der Waals surface area contributed by atoms with E-state index in [4.69, 9.17) is 5.73 Å². The summed E-state index contributed by atoms with van der Waals surface area (Å²) in [7, 11) is 4.30. The highest BCUT2D eigenvalue weighted by Crippen LogP contribution is 2.18. The molecule has 1 heterocycles. The molecule has 4 nitrogen and oxygen atoms in total. The molecule has 0 saturated carbocycles. The van der Waals surface area contributed by atoms with Gasteiger partial charge >= 0.3 is 0 Å². The summed E-state index contributed by atoms with van der Waals surface area (Å²) in [5.41, 5.74) is 4.97. The summed E-state index contributed by atoms with van der Waals surface area (Å²) in [6.45, 7) is 5.83. The standard InChI is InChI=1S/C13H29N3O/c1-4-13(17,11-14)7-5-8-16-9-6-12(10-16)15(2)3/h12,17H,4-11,14H2,1-3H3. The lowest BCUT2D eigenvalue weighted by Gasteiger charge is -2.26. The molecule has 1 rings (SSSR count). The summed E-state index contributed by atoms with van der Waals surface area (Å²) in [4.78, 5) is 4.81. The van der Waals surface area contributed by atoms with Gasteiger partial charge in [0.1, 0.15) is 0 Å². The average Bonchev–Trinajstić information content (AvgIpc) is 2.78. The number of hydrogen-bond acceptors (Lipinski definition) is 4. The molecule has 0 aliphatic carbocycles. The van der Waals surface area contributed by atoms with Crippen LogP contribution in [-0.4, -0.2) is 66.8 Å². The number of aliphatic hydroxyl groups is 1. The first kappa shape index (κ1) is 14.9. The van der Waals surface area contributed by atoms with Crippen LogP contribution in [0, 0.1) is 0 Å². The Kier molecular flexibility index (Phi) is 5.86. The third-order valence-corrected chi connectivity index (χ3v) is 4.13. The smallest absolute Gasteiger partial charge is 0.0767 e. The van der Waals surface area contributed by atoms with Gasteiger partial charge in [0.15, 0.2) is 0 Å². The largest absolute Gasteiger partial charge is 0.389 e. The molecular weight excluding hydrogens is 214 g/mol. The average molecular weight is 243 g/mol. The van der Waals surface area contributed by atoms with E-state index >= 15 is 0 Å². The van der Waals surface area contributed by atoms with Crippen LogP contribution in [0.3, 0.4) is 0 Å². The first-order valence-corrected chi connectivity index (χ1v) is 6.82. The van der Waals surface area contributed by atoms with Crippen LogP contribution >= 0.6 is 0 Å². The molecular formula is C13H29N3O. The van der Waals surface area contributed by atoms with Crippen molar-refractivity contribution < 1.29 is 5.11 Å². The molecule has 1 aliphatic rings. The van der Waals surface area contributed by atoms with Crippen LogP contribution in [0.15, 0.2) is 0 Å². The highest BCUT2D eigenvalue weighted by Gasteiger charge is 2.25. The third-order valence-electron chi connectivity index (χ3n) is 4.13. The lowest BCUT2D eigenvalue weighted by Crippen LogP contribution is -2.38. The zero-order valence-electron chi connectivity index (χ0n) is 11.7. The maximum atomic E-state index is 10.1. The third kappa shape index (κ3) is 4.54. The van der Waals surface area contributed by atoms with Crippen LogP contribution < -0.4 is 5.73 Å². The first-order chi connectivity index (χ1) is 8.00. The van der Waals surface area contributed by atoms with E-state index in [0.29, 0.717) is 12.6 Å². The van der Waals surface area contributed by atoms with Crippen molar-refractivity contribution in [2.45, 2.75) is 44.2 Å². The second-order valence-electron chi connectivity index (χ2n) is 5.59. The van der Waals surface area contributed by atoms with Crippen LogP contribution in [0.4, 0.5) is 0 Å². The molecule has 2 unspecified atom stereocenters. The Morgan fingerprint density at radius 3 is 2.65 bits per heavy atom. The van der Waals surface area contributed by atoms with Crippen LogP contribution in [0.25, 0.3) is 0 Å². The summed E-state index contributed by atoms with van der Waals surface area (Å²) in [6, 6.07) is 0.703.